The average molecular weight is 395 g/mol. The second kappa shape index (κ2) is 7.53. The highest BCUT2D eigenvalue weighted by Crippen LogP contribution is 2.51. The zero-order valence-corrected chi connectivity index (χ0v) is 16.6. The first-order valence-electron chi connectivity index (χ1n) is 9.15. The van der Waals surface area contributed by atoms with Crippen LogP contribution in [0.5, 0.6) is 0 Å². The zero-order valence-electron chi connectivity index (χ0n) is 15.0. The van der Waals surface area contributed by atoms with E-state index in [-0.39, 0.29) is 11.0 Å². The zero-order chi connectivity index (χ0) is 18.7. The number of hydrogen-bond acceptors (Lipinski definition) is 3. The smallest absolute Gasteiger partial charge is 0.151 e. The molecule has 0 radical (unpaired) electrons. The second-order valence-electron chi connectivity index (χ2n) is 6.92. The average Bonchev–Trinajstić information content (AvgIpc) is 3.06. The van der Waals surface area contributed by atoms with Crippen molar-refractivity contribution in [2.45, 2.75) is 16.4 Å². The summed E-state index contributed by atoms with van der Waals surface area (Å²) in [5, 5.41) is 0.0793. The van der Waals surface area contributed by atoms with Gasteiger partial charge in [-0.15, -0.1) is 11.8 Å². The molecule has 0 aromatic heterocycles. The van der Waals surface area contributed by atoms with Crippen molar-refractivity contribution in [3.05, 3.63) is 108 Å². The number of rotatable bonds is 5. The quantitative estimate of drug-likeness (QED) is 0.577. The van der Waals surface area contributed by atoms with Gasteiger partial charge in [-0.05, 0) is 23.1 Å². The van der Waals surface area contributed by atoms with Crippen molar-refractivity contribution in [3.8, 4) is 0 Å². The third-order valence-corrected chi connectivity index (χ3v) is 8.85. The van der Waals surface area contributed by atoms with E-state index in [0.717, 1.165) is 0 Å². The lowest BCUT2D eigenvalue weighted by molar-refractivity contribution is 0.602. The Labute approximate surface area is 165 Å². The number of sulfone groups is 1. The van der Waals surface area contributed by atoms with E-state index in [1.165, 1.54) is 16.7 Å². The molecule has 27 heavy (non-hydrogen) atoms. The SMILES string of the molecule is O=S1(=O)CCC(SC(c2ccccc2)(c2ccccc2)c2ccccc2)C1. The molecule has 3 aromatic rings. The molecule has 1 saturated heterocycles. The van der Waals surface area contributed by atoms with Gasteiger partial charge in [-0.3, -0.25) is 0 Å². The van der Waals surface area contributed by atoms with Crippen LogP contribution in [-0.2, 0) is 14.6 Å². The predicted octanol–water partition coefficient (Wildman–Crippen LogP) is 4.90. The lowest BCUT2D eigenvalue weighted by Gasteiger charge is -2.37. The molecule has 1 aliphatic heterocycles. The van der Waals surface area contributed by atoms with E-state index in [0.29, 0.717) is 12.2 Å². The van der Waals surface area contributed by atoms with E-state index >= 15 is 0 Å². The van der Waals surface area contributed by atoms with Crippen molar-refractivity contribution in [3.63, 3.8) is 0 Å². The summed E-state index contributed by atoms with van der Waals surface area (Å²) >= 11 is 1.78. The van der Waals surface area contributed by atoms with Crippen LogP contribution in [0, 0.1) is 0 Å². The molecule has 138 valence electrons. The monoisotopic (exact) mass is 394 g/mol. The Bertz CT molecular complexity index is 888. The summed E-state index contributed by atoms with van der Waals surface area (Å²) in [6.45, 7) is 0. The molecule has 0 saturated carbocycles. The van der Waals surface area contributed by atoms with Gasteiger partial charge in [0.05, 0.1) is 16.3 Å². The third kappa shape index (κ3) is 3.69. The van der Waals surface area contributed by atoms with Gasteiger partial charge < -0.3 is 0 Å². The van der Waals surface area contributed by atoms with Gasteiger partial charge in [-0.2, -0.15) is 0 Å². The van der Waals surface area contributed by atoms with E-state index in [4.69, 9.17) is 0 Å². The molecule has 0 amide bonds. The minimum atomic E-state index is -2.94. The molecule has 1 fully saturated rings. The maximum atomic E-state index is 12.1. The molecule has 4 heteroatoms. The standard InChI is InChI=1S/C23H22O2S2/c24-27(25)17-16-22(18-27)26-23(19-10-4-1-5-11-19,20-12-6-2-7-13-20)21-14-8-3-9-15-21/h1-15,22H,16-18H2. The van der Waals surface area contributed by atoms with E-state index in [1.807, 2.05) is 18.2 Å². The Balaban J connectivity index is 1.92. The highest BCUT2D eigenvalue weighted by Gasteiger charge is 2.42. The van der Waals surface area contributed by atoms with Gasteiger partial charge in [0.25, 0.3) is 0 Å². The van der Waals surface area contributed by atoms with Crippen molar-refractivity contribution in [2.24, 2.45) is 0 Å². The topological polar surface area (TPSA) is 34.1 Å². The molecule has 2 nitrogen and oxygen atoms in total. The maximum Gasteiger partial charge on any atom is 0.151 e. The molecular formula is C23H22O2S2. The fraction of sp³-hybridized carbons (Fsp3) is 0.217. The van der Waals surface area contributed by atoms with Crippen LogP contribution in [0.1, 0.15) is 23.1 Å². The first-order valence-corrected chi connectivity index (χ1v) is 11.9. The van der Waals surface area contributed by atoms with Crippen LogP contribution in [0.2, 0.25) is 0 Å². The molecule has 4 rings (SSSR count). The molecule has 1 unspecified atom stereocenters. The Morgan fingerprint density at radius 2 is 1.11 bits per heavy atom. The van der Waals surface area contributed by atoms with E-state index in [9.17, 15) is 8.42 Å². The van der Waals surface area contributed by atoms with Crippen molar-refractivity contribution in [1.29, 1.82) is 0 Å². The molecule has 1 heterocycles. The molecule has 0 bridgehead atoms. The third-order valence-electron chi connectivity index (χ3n) is 5.08. The Morgan fingerprint density at radius 1 is 0.704 bits per heavy atom. The second-order valence-corrected chi connectivity index (χ2v) is 10.7. The summed E-state index contributed by atoms with van der Waals surface area (Å²) in [6.07, 6.45) is 0.710. The van der Waals surface area contributed by atoms with Crippen LogP contribution >= 0.6 is 11.8 Å². The normalized spacial score (nSPS) is 19.0. The lowest BCUT2D eigenvalue weighted by Crippen LogP contribution is -2.29. The summed E-state index contributed by atoms with van der Waals surface area (Å²) < 4.78 is 23.8. The lowest BCUT2D eigenvalue weighted by atomic mass is 9.84. The largest absolute Gasteiger partial charge is 0.229 e. The summed E-state index contributed by atoms with van der Waals surface area (Å²) in [5.74, 6) is 0.547. The van der Waals surface area contributed by atoms with E-state index < -0.39 is 14.6 Å². The fourth-order valence-electron chi connectivity index (χ4n) is 3.83. The van der Waals surface area contributed by atoms with E-state index in [1.54, 1.807) is 11.8 Å². The molecule has 1 atom stereocenters. The van der Waals surface area contributed by atoms with Gasteiger partial charge in [-0.1, -0.05) is 91.0 Å². The van der Waals surface area contributed by atoms with Crippen LogP contribution in [-0.4, -0.2) is 25.2 Å². The van der Waals surface area contributed by atoms with Crippen LogP contribution < -0.4 is 0 Å². The summed E-state index contributed by atoms with van der Waals surface area (Å²) in [7, 11) is -2.94. The summed E-state index contributed by atoms with van der Waals surface area (Å²) in [4.78, 5) is 0. The van der Waals surface area contributed by atoms with Crippen LogP contribution in [0.4, 0.5) is 0 Å². The van der Waals surface area contributed by atoms with Gasteiger partial charge >= 0.3 is 0 Å². The van der Waals surface area contributed by atoms with Gasteiger partial charge in [-0.25, -0.2) is 8.42 Å². The minimum absolute atomic E-state index is 0.0793. The predicted molar refractivity (Wildman–Crippen MR) is 114 cm³/mol. The van der Waals surface area contributed by atoms with Gasteiger partial charge in [0, 0.05) is 5.25 Å². The summed E-state index contributed by atoms with van der Waals surface area (Å²) in [6, 6.07) is 31.3. The molecule has 0 N–H and O–H groups in total. The highest BCUT2D eigenvalue weighted by atomic mass is 32.2. The van der Waals surface area contributed by atoms with Crippen LogP contribution in [0.15, 0.2) is 91.0 Å². The molecule has 3 aromatic carbocycles. The van der Waals surface area contributed by atoms with Crippen molar-refractivity contribution < 1.29 is 8.42 Å². The number of benzene rings is 3. The van der Waals surface area contributed by atoms with Crippen molar-refractivity contribution >= 4 is 21.6 Å². The molecule has 1 aliphatic rings. The number of thioether (sulfide) groups is 1. The first-order chi connectivity index (χ1) is 13.1. The van der Waals surface area contributed by atoms with Gasteiger partial charge in [0.15, 0.2) is 9.84 Å². The minimum Gasteiger partial charge on any atom is -0.229 e. The first kappa shape index (κ1) is 18.3. The summed E-state index contributed by atoms with van der Waals surface area (Å²) in [5.41, 5.74) is 3.53. The van der Waals surface area contributed by atoms with Gasteiger partial charge in [0.1, 0.15) is 0 Å². The van der Waals surface area contributed by atoms with Crippen molar-refractivity contribution in [1.82, 2.24) is 0 Å². The van der Waals surface area contributed by atoms with Gasteiger partial charge in [0.2, 0.25) is 0 Å². The Morgan fingerprint density at radius 3 is 1.44 bits per heavy atom. The van der Waals surface area contributed by atoms with Crippen LogP contribution in [0.25, 0.3) is 0 Å². The molecule has 0 spiro atoms. The Kier molecular flexibility index (Phi) is 5.11. The van der Waals surface area contributed by atoms with Crippen LogP contribution in [0.3, 0.4) is 0 Å². The number of hydrogen-bond donors (Lipinski definition) is 0. The molecular weight excluding hydrogens is 372 g/mol. The fourth-order valence-corrected chi connectivity index (χ4v) is 7.97. The highest BCUT2D eigenvalue weighted by molar-refractivity contribution is 8.03. The van der Waals surface area contributed by atoms with E-state index in [2.05, 4.69) is 72.8 Å². The Hall–Kier alpha value is -2.04. The molecule has 0 aliphatic carbocycles. The maximum absolute atomic E-state index is 12.1. The van der Waals surface area contributed by atoms with Crippen molar-refractivity contribution in [2.75, 3.05) is 11.5 Å².